The summed E-state index contributed by atoms with van der Waals surface area (Å²) in [5, 5.41) is 3.59. The lowest BCUT2D eigenvalue weighted by Gasteiger charge is -2.27. The van der Waals surface area contributed by atoms with Crippen LogP contribution in [0.25, 0.3) is 0 Å². The van der Waals surface area contributed by atoms with Crippen LogP contribution in [-0.2, 0) is 0 Å². The Morgan fingerprint density at radius 3 is 2.41 bits per heavy atom. The lowest BCUT2D eigenvalue weighted by Crippen LogP contribution is -2.25. The molecule has 0 aliphatic heterocycles. The van der Waals surface area contributed by atoms with E-state index in [0.717, 1.165) is 17.4 Å². The van der Waals surface area contributed by atoms with Gasteiger partial charge in [0.25, 0.3) is 0 Å². The van der Waals surface area contributed by atoms with Crippen molar-refractivity contribution in [2.24, 2.45) is 5.92 Å². The van der Waals surface area contributed by atoms with Crippen LogP contribution in [0.5, 0.6) is 0 Å². The van der Waals surface area contributed by atoms with E-state index in [2.05, 4.69) is 29.4 Å². The van der Waals surface area contributed by atoms with Gasteiger partial charge in [-0.15, -0.1) is 0 Å². The second kappa shape index (κ2) is 5.39. The Balaban J connectivity index is 1.90. The Kier molecular flexibility index (Phi) is 3.87. The molecule has 0 bridgehead atoms. The molecule has 1 aromatic rings. The summed E-state index contributed by atoms with van der Waals surface area (Å²) in [7, 11) is 4.02. The van der Waals surface area contributed by atoms with Gasteiger partial charge in [0.2, 0.25) is 0 Å². The minimum absolute atomic E-state index is 0.637. The molecule has 1 aliphatic carbocycles. The number of anilines is 2. The molecule has 3 heteroatoms. The van der Waals surface area contributed by atoms with E-state index < -0.39 is 0 Å². The number of nitrogens with one attached hydrogen (secondary N) is 1. The molecule has 3 nitrogen and oxygen atoms in total. The highest BCUT2D eigenvalue weighted by Gasteiger charge is 2.17. The Bertz CT molecular complexity index is 337. The first-order chi connectivity index (χ1) is 8.15. The number of hydrogen-bond acceptors (Lipinski definition) is 3. The maximum atomic E-state index is 4.42. The zero-order chi connectivity index (χ0) is 12.3. The highest BCUT2D eigenvalue weighted by atomic mass is 15.1. The zero-order valence-corrected chi connectivity index (χ0v) is 11.1. The second-order valence-electron chi connectivity index (χ2n) is 5.40. The molecule has 1 heterocycles. The van der Waals surface area contributed by atoms with Crippen molar-refractivity contribution < 1.29 is 0 Å². The minimum Gasteiger partial charge on any atom is -0.381 e. The molecule has 0 aromatic carbocycles. The van der Waals surface area contributed by atoms with E-state index >= 15 is 0 Å². The summed E-state index contributed by atoms with van der Waals surface area (Å²) in [6.07, 6.45) is 7.21. The number of aromatic nitrogens is 1. The number of nitrogens with zero attached hydrogens (tertiary/aromatic N) is 2. The summed E-state index contributed by atoms with van der Waals surface area (Å²) in [4.78, 5) is 6.44. The molecule has 0 atom stereocenters. The number of rotatable bonds is 3. The van der Waals surface area contributed by atoms with E-state index in [9.17, 15) is 0 Å². The fourth-order valence-corrected chi connectivity index (χ4v) is 2.38. The molecule has 94 valence electrons. The highest BCUT2D eigenvalue weighted by molar-refractivity contribution is 5.48. The Morgan fingerprint density at radius 2 is 1.88 bits per heavy atom. The Morgan fingerprint density at radius 1 is 1.18 bits per heavy atom. The fourth-order valence-electron chi connectivity index (χ4n) is 2.38. The molecule has 0 unspecified atom stereocenters. The van der Waals surface area contributed by atoms with Crippen molar-refractivity contribution >= 4 is 11.5 Å². The number of hydrogen-bond donors (Lipinski definition) is 1. The van der Waals surface area contributed by atoms with Crippen LogP contribution in [0.1, 0.15) is 32.6 Å². The van der Waals surface area contributed by atoms with Crippen molar-refractivity contribution in [1.29, 1.82) is 0 Å². The maximum absolute atomic E-state index is 4.42. The lowest BCUT2D eigenvalue weighted by atomic mass is 9.87. The Hall–Kier alpha value is -1.25. The van der Waals surface area contributed by atoms with Crippen LogP contribution >= 0.6 is 0 Å². The van der Waals surface area contributed by atoms with Crippen LogP contribution in [0.3, 0.4) is 0 Å². The lowest BCUT2D eigenvalue weighted by molar-refractivity contribution is 0.361. The third-order valence-corrected chi connectivity index (χ3v) is 3.59. The summed E-state index contributed by atoms with van der Waals surface area (Å²) in [6, 6.07) is 4.83. The molecule has 1 fully saturated rings. The molecule has 1 aromatic heterocycles. The summed E-state index contributed by atoms with van der Waals surface area (Å²) in [6.45, 7) is 2.35. The SMILES string of the molecule is CC1CCC(Nc2ccc(N(C)C)nc2)CC1. The summed E-state index contributed by atoms with van der Waals surface area (Å²) < 4.78 is 0. The van der Waals surface area contributed by atoms with E-state index in [1.165, 1.54) is 25.7 Å². The highest BCUT2D eigenvalue weighted by Crippen LogP contribution is 2.26. The fraction of sp³-hybridized carbons (Fsp3) is 0.643. The number of pyridine rings is 1. The molecule has 0 saturated heterocycles. The van der Waals surface area contributed by atoms with Gasteiger partial charge in [-0.3, -0.25) is 0 Å². The molecule has 2 rings (SSSR count). The molecule has 17 heavy (non-hydrogen) atoms. The molecule has 1 saturated carbocycles. The second-order valence-corrected chi connectivity index (χ2v) is 5.40. The molecular weight excluding hydrogens is 210 g/mol. The minimum atomic E-state index is 0.637. The van der Waals surface area contributed by atoms with E-state index in [-0.39, 0.29) is 0 Å². The van der Waals surface area contributed by atoms with Gasteiger partial charge in [-0.25, -0.2) is 4.98 Å². The van der Waals surface area contributed by atoms with Crippen LogP contribution in [0.2, 0.25) is 0 Å². The third kappa shape index (κ3) is 3.35. The van der Waals surface area contributed by atoms with Gasteiger partial charge >= 0.3 is 0 Å². The van der Waals surface area contributed by atoms with E-state index in [1.54, 1.807) is 0 Å². The van der Waals surface area contributed by atoms with Crippen molar-refractivity contribution in [1.82, 2.24) is 4.98 Å². The first kappa shape index (κ1) is 12.2. The molecular formula is C14H23N3. The first-order valence-electron chi connectivity index (χ1n) is 6.55. The maximum Gasteiger partial charge on any atom is 0.128 e. The summed E-state index contributed by atoms with van der Waals surface area (Å²) >= 11 is 0. The van der Waals surface area contributed by atoms with Crippen molar-refractivity contribution in [3.05, 3.63) is 18.3 Å². The predicted molar refractivity (Wildman–Crippen MR) is 73.6 cm³/mol. The van der Waals surface area contributed by atoms with Crippen LogP contribution in [0.15, 0.2) is 18.3 Å². The summed E-state index contributed by atoms with van der Waals surface area (Å²) in [5.41, 5.74) is 1.15. The van der Waals surface area contributed by atoms with Crippen LogP contribution in [0.4, 0.5) is 11.5 Å². The van der Waals surface area contributed by atoms with Gasteiger partial charge in [0.05, 0.1) is 11.9 Å². The molecule has 1 aliphatic rings. The van der Waals surface area contributed by atoms with E-state index in [4.69, 9.17) is 0 Å². The standard InChI is InChI=1S/C14H23N3/c1-11-4-6-12(7-5-11)16-13-8-9-14(15-10-13)17(2)3/h8-12,16H,4-7H2,1-3H3. The quantitative estimate of drug-likeness (QED) is 0.869. The third-order valence-electron chi connectivity index (χ3n) is 3.59. The predicted octanol–water partition coefficient (Wildman–Crippen LogP) is 3.14. The first-order valence-corrected chi connectivity index (χ1v) is 6.55. The van der Waals surface area contributed by atoms with Gasteiger partial charge in [0, 0.05) is 20.1 Å². The van der Waals surface area contributed by atoms with Crippen molar-refractivity contribution in [3.63, 3.8) is 0 Å². The zero-order valence-electron chi connectivity index (χ0n) is 11.1. The summed E-state index contributed by atoms with van der Waals surface area (Å²) in [5.74, 6) is 1.91. The largest absolute Gasteiger partial charge is 0.381 e. The van der Waals surface area contributed by atoms with Gasteiger partial charge in [-0.1, -0.05) is 6.92 Å². The van der Waals surface area contributed by atoms with Gasteiger partial charge in [-0.2, -0.15) is 0 Å². The Labute approximate surface area is 104 Å². The van der Waals surface area contributed by atoms with Gasteiger partial charge in [0.15, 0.2) is 0 Å². The van der Waals surface area contributed by atoms with Crippen molar-refractivity contribution in [2.45, 2.75) is 38.6 Å². The average Bonchev–Trinajstić information content (AvgIpc) is 2.33. The van der Waals surface area contributed by atoms with Gasteiger partial charge < -0.3 is 10.2 Å². The molecule has 0 spiro atoms. The molecule has 0 amide bonds. The molecule has 1 N–H and O–H groups in total. The van der Waals surface area contributed by atoms with Crippen molar-refractivity contribution in [2.75, 3.05) is 24.3 Å². The smallest absolute Gasteiger partial charge is 0.128 e. The van der Waals surface area contributed by atoms with Gasteiger partial charge in [-0.05, 0) is 43.7 Å². The monoisotopic (exact) mass is 233 g/mol. The van der Waals surface area contributed by atoms with Crippen molar-refractivity contribution in [3.8, 4) is 0 Å². The van der Waals surface area contributed by atoms with Crippen LogP contribution in [0, 0.1) is 5.92 Å². The van der Waals surface area contributed by atoms with Crippen LogP contribution in [-0.4, -0.2) is 25.1 Å². The average molecular weight is 233 g/mol. The van der Waals surface area contributed by atoms with Gasteiger partial charge in [0.1, 0.15) is 5.82 Å². The normalized spacial score (nSPS) is 24.4. The molecule has 0 radical (unpaired) electrons. The van der Waals surface area contributed by atoms with Crippen LogP contribution < -0.4 is 10.2 Å². The van der Waals surface area contributed by atoms with E-state index in [0.29, 0.717) is 6.04 Å². The topological polar surface area (TPSA) is 28.2 Å². The van der Waals surface area contributed by atoms with E-state index in [1.807, 2.05) is 25.2 Å².